The third kappa shape index (κ3) is 2.55. The van der Waals surface area contributed by atoms with E-state index in [4.69, 9.17) is 0 Å². The Bertz CT molecular complexity index is 1170. The van der Waals surface area contributed by atoms with E-state index in [9.17, 15) is 29.9 Å². The molecule has 0 spiro atoms. The predicted molar refractivity (Wildman–Crippen MR) is 99.5 cm³/mol. The van der Waals surface area contributed by atoms with Crippen molar-refractivity contribution in [2.24, 2.45) is 0 Å². The average molecular weight is 376 g/mol. The van der Waals surface area contributed by atoms with Crippen LogP contribution >= 0.6 is 0 Å². The summed E-state index contributed by atoms with van der Waals surface area (Å²) in [5.74, 6) is -2.42. The number of anilines is 2. The van der Waals surface area contributed by atoms with Crippen molar-refractivity contribution in [1.29, 1.82) is 0 Å². The second kappa shape index (κ2) is 6.20. The van der Waals surface area contributed by atoms with Gasteiger partial charge in [-0.05, 0) is 36.4 Å². The third-order valence-corrected chi connectivity index (χ3v) is 4.47. The molecular weight excluding hydrogens is 364 g/mol. The Balaban J connectivity index is 1.96. The third-order valence-electron chi connectivity index (χ3n) is 4.47. The number of benzene rings is 3. The highest BCUT2D eigenvalue weighted by atomic mass is 16.6. The molecule has 0 unspecified atom stereocenters. The van der Waals surface area contributed by atoms with Gasteiger partial charge in [0, 0.05) is 22.4 Å². The topological polar surface area (TPSA) is 130 Å². The number of nitrogens with one attached hydrogen (secondary N) is 1. The first kappa shape index (κ1) is 17.2. The van der Waals surface area contributed by atoms with Crippen molar-refractivity contribution in [2.45, 2.75) is 0 Å². The molecule has 0 bridgehead atoms. The van der Waals surface area contributed by atoms with Crippen molar-refractivity contribution >= 4 is 28.6 Å². The number of aromatic hydroxyl groups is 2. The van der Waals surface area contributed by atoms with Crippen LogP contribution in [0, 0.1) is 10.1 Å². The van der Waals surface area contributed by atoms with E-state index >= 15 is 0 Å². The maximum Gasteiger partial charge on any atom is 0.334 e. The first-order valence-electron chi connectivity index (χ1n) is 8.17. The number of nitro benzene ring substituents is 1. The molecule has 0 radical (unpaired) electrons. The summed E-state index contributed by atoms with van der Waals surface area (Å²) in [6.45, 7) is 0. The molecule has 1 aliphatic rings. The standard InChI is InChI=1S/C20H12N2O6/c23-11-6-7-12-13(8-11)18(24)14-9-15(21-10-4-2-1-3-5-10)17(22(27)28)20(26)16(14)19(12)25/h1-9,21,23,26H. The first-order valence-corrected chi connectivity index (χ1v) is 8.17. The molecule has 0 amide bonds. The van der Waals surface area contributed by atoms with Gasteiger partial charge in [-0.25, -0.2) is 0 Å². The lowest BCUT2D eigenvalue weighted by Crippen LogP contribution is -2.21. The fourth-order valence-electron chi connectivity index (χ4n) is 3.22. The summed E-state index contributed by atoms with van der Waals surface area (Å²) in [6, 6.07) is 13.3. The monoisotopic (exact) mass is 376 g/mol. The first-order chi connectivity index (χ1) is 13.4. The van der Waals surface area contributed by atoms with Crippen molar-refractivity contribution in [1.82, 2.24) is 0 Å². The number of hydrogen-bond donors (Lipinski definition) is 3. The molecule has 0 atom stereocenters. The molecule has 8 nitrogen and oxygen atoms in total. The number of rotatable bonds is 3. The molecule has 3 aromatic rings. The maximum absolute atomic E-state index is 12.9. The number of para-hydroxylation sites is 1. The van der Waals surface area contributed by atoms with Crippen LogP contribution in [0.3, 0.4) is 0 Å². The quantitative estimate of drug-likeness (QED) is 0.368. The van der Waals surface area contributed by atoms with Gasteiger partial charge >= 0.3 is 5.69 Å². The summed E-state index contributed by atoms with van der Waals surface area (Å²) in [5.41, 5.74) is -1.00. The Kier molecular flexibility index (Phi) is 3.82. The van der Waals surface area contributed by atoms with Gasteiger partial charge in [-0.2, -0.15) is 0 Å². The highest BCUT2D eigenvalue weighted by molar-refractivity contribution is 6.30. The van der Waals surface area contributed by atoms with E-state index in [1.165, 1.54) is 18.2 Å². The van der Waals surface area contributed by atoms with Crippen molar-refractivity contribution < 1.29 is 24.7 Å². The fourth-order valence-corrected chi connectivity index (χ4v) is 3.22. The Morgan fingerprint density at radius 3 is 2.25 bits per heavy atom. The molecule has 138 valence electrons. The average Bonchev–Trinajstić information content (AvgIpc) is 2.66. The summed E-state index contributed by atoms with van der Waals surface area (Å²) >= 11 is 0. The molecule has 0 saturated heterocycles. The van der Waals surface area contributed by atoms with E-state index in [0.717, 1.165) is 6.07 Å². The summed E-state index contributed by atoms with van der Waals surface area (Å²) < 4.78 is 0. The van der Waals surface area contributed by atoms with Crippen LogP contribution in [0.1, 0.15) is 31.8 Å². The molecule has 28 heavy (non-hydrogen) atoms. The minimum atomic E-state index is -0.877. The lowest BCUT2D eigenvalue weighted by molar-refractivity contribution is -0.384. The zero-order valence-electron chi connectivity index (χ0n) is 14.2. The molecule has 0 fully saturated rings. The summed E-state index contributed by atoms with van der Waals surface area (Å²) in [7, 11) is 0. The van der Waals surface area contributed by atoms with Crippen molar-refractivity contribution in [3.8, 4) is 11.5 Å². The van der Waals surface area contributed by atoms with Gasteiger partial charge in [0.15, 0.2) is 11.6 Å². The highest BCUT2D eigenvalue weighted by Gasteiger charge is 2.37. The molecule has 3 N–H and O–H groups in total. The maximum atomic E-state index is 12.9. The molecule has 8 heteroatoms. The van der Waals surface area contributed by atoms with E-state index in [1.54, 1.807) is 30.3 Å². The SMILES string of the molecule is O=C1c2cc(O)ccc2C(=O)c2c1cc(Nc1ccccc1)c([N+](=O)[O-])c2O. The number of phenolic OH excluding ortho intramolecular Hbond substituents is 2. The molecule has 0 aromatic heterocycles. The minimum absolute atomic E-state index is 0.0311. The largest absolute Gasteiger partial charge is 0.508 e. The number of hydrogen-bond acceptors (Lipinski definition) is 7. The Labute approximate surface area is 157 Å². The van der Waals surface area contributed by atoms with Crippen LogP contribution in [0.15, 0.2) is 54.6 Å². The highest BCUT2D eigenvalue weighted by Crippen LogP contribution is 2.44. The minimum Gasteiger partial charge on any atom is -0.508 e. The molecule has 0 saturated carbocycles. The lowest BCUT2D eigenvalue weighted by Gasteiger charge is -2.20. The van der Waals surface area contributed by atoms with Gasteiger partial charge in [0.25, 0.3) is 0 Å². The molecule has 4 rings (SSSR count). The number of fused-ring (bicyclic) bond motifs is 2. The molecule has 0 heterocycles. The number of phenols is 2. The molecule has 3 aromatic carbocycles. The van der Waals surface area contributed by atoms with Crippen molar-refractivity contribution in [3.63, 3.8) is 0 Å². The van der Waals surface area contributed by atoms with E-state index in [-0.39, 0.29) is 28.1 Å². The van der Waals surface area contributed by atoms with Gasteiger partial charge in [0.05, 0.1) is 10.5 Å². The Morgan fingerprint density at radius 1 is 0.857 bits per heavy atom. The van der Waals surface area contributed by atoms with Crippen molar-refractivity contribution in [3.05, 3.63) is 87.0 Å². The zero-order valence-corrected chi connectivity index (χ0v) is 14.2. The molecular formula is C20H12N2O6. The van der Waals surface area contributed by atoms with Crippen LogP contribution in [-0.4, -0.2) is 26.7 Å². The Hall–Kier alpha value is -4.20. The van der Waals surface area contributed by atoms with Crippen LogP contribution in [0.25, 0.3) is 0 Å². The van der Waals surface area contributed by atoms with Crippen LogP contribution in [0.5, 0.6) is 11.5 Å². The van der Waals surface area contributed by atoms with Crippen LogP contribution in [0.2, 0.25) is 0 Å². The normalized spacial score (nSPS) is 12.3. The number of nitro groups is 1. The summed E-state index contributed by atoms with van der Waals surface area (Å²) in [6.07, 6.45) is 0. The molecule has 0 aliphatic heterocycles. The number of carbonyl (C=O) groups excluding carboxylic acids is 2. The number of carbonyl (C=O) groups is 2. The van der Waals surface area contributed by atoms with E-state index in [2.05, 4.69) is 5.32 Å². The van der Waals surface area contributed by atoms with Gasteiger partial charge < -0.3 is 15.5 Å². The second-order valence-corrected chi connectivity index (χ2v) is 6.18. The van der Waals surface area contributed by atoms with Crippen molar-refractivity contribution in [2.75, 3.05) is 5.32 Å². The fraction of sp³-hybridized carbons (Fsp3) is 0. The van der Waals surface area contributed by atoms with Crippen LogP contribution in [-0.2, 0) is 0 Å². The van der Waals surface area contributed by atoms with E-state index in [0.29, 0.717) is 5.69 Å². The van der Waals surface area contributed by atoms with E-state index in [1.807, 2.05) is 0 Å². The smallest absolute Gasteiger partial charge is 0.334 e. The lowest BCUT2D eigenvalue weighted by atomic mass is 9.82. The Morgan fingerprint density at radius 2 is 1.57 bits per heavy atom. The van der Waals surface area contributed by atoms with Gasteiger partial charge in [-0.15, -0.1) is 0 Å². The van der Waals surface area contributed by atoms with Gasteiger partial charge in [-0.1, -0.05) is 18.2 Å². The van der Waals surface area contributed by atoms with Gasteiger partial charge in [0.2, 0.25) is 5.75 Å². The van der Waals surface area contributed by atoms with E-state index < -0.39 is 33.5 Å². The van der Waals surface area contributed by atoms with Crippen LogP contribution in [0.4, 0.5) is 17.1 Å². The molecule has 1 aliphatic carbocycles. The predicted octanol–water partition coefficient (Wildman–Crippen LogP) is 3.53. The number of nitrogens with zero attached hydrogens (tertiary/aromatic N) is 1. The summed E-state index contributed by atoms with van der Waals surface area (Å²) in [4.78, 5) is 36.4. The second-order valence-electron chi connectivity index (χ2n) is 6.18. The van der Waals surface area contributed by atoms with Gasteiger partial charge in [0.1, 0.15) is 11.4 Å². The van der Waals surface area contributed by atoms with Crippen LogP contribution < -0.4 is 5.32 Å². The number of ketones is 2. The van der Waals surface area contributed by atoms with Gasteiger partial charge in [-0.3, -0.25) is 19.7 Å². The summed E-state index contributed by atoms with van der Waals surface area (Å²) in [5, 5.41) is 34.5. The zero-order chi connectivity index (χ0) is 20.0.